The van der Waals surface area contributed by atoms with Gasteiger partial charge in [-0.25, -0.2) is 4.98 Å². The van der Waals surface area contributed by atoms with Crippen molar-refractivity contribution >= 4 is 22.6 Å². The van der Waals surface area contributed by atoms with Crippen molar-refractivity contribution in [2.24, 2.45) is 0 Å². The Morgan fingerprint density at radius 1 is 1.57 bits per heavy atom. The van der Waals surface area contributed by atoms with E-state index in [0.29, 0.717) is 11.0 Å². The zero-order valence-electron chi connectivity index (χ0n) is 7.05. The Morgan fingerprint density at radius 3 is 3.00 bits per heavy atom. The van der Waals surface area contributed by atoms with E-state index >= 15 is 0 Å². The van der Waals surface area contributed by atoms with E-state index in [9.17, 15) is 4.79 Å². The summed E-state index contributed by atoms with van der Waals surface area (Å²) in [4.78, 5) is 15.3. The molecule has 2 aromatic rings. The molecule has 0 fully saturated rings. The van der Waals surface area contributed by atoms with Gasteiger partial charge in [-0.3, -0.25) is 10.1 Å². The number of rotatable bonds is 2. The molecule has 0 aliphatic heterocycles. The van der Waals surface area contributed by atoms with Gasteiger partial charge in [-0.05, 0) is 12.1 Å². The quantitative estimate of drug-likeness (QED) is 0.700. The molecule has 0 radical (unpaired) electrons. The second-order valence-corrected chi connectivity index (χ2v) is 3.09. The fourth-order valence-electron chi connectivity index (χ4n) is 0.759. The minimum absolute atomic E-state index is 0.0298. The van der Waals surface area contributed by atoms with Gasteiger partial charge in [-0.2, -0.15) is 9.59 Å². The lowest BCUT2D eigenvalue weighted by Crippen LogP contribution is -2.13. The molecule has 0 saturated carbocycles. The average molecular weight is 211 g/mol. The number of hydrogen-bond acceptors (Lipinski definition) is 7. The van der Waals surface area contributed by atoms with E-state index in [1.165, 1.54) is 0 Å². The SMILES string of the molecule is Cc1nsc(NC(=O)c2nn[nH]n2)n1. The number of H-pyrrole nitrogens is 1. The molecule has 0 unspecified atom stereocenters. The van der Waals surface area contributed by atoms with Gasteiger partial charge in [0.1, 0.15) is 5.82 Å². The van der Waals surface area contributed by atoms with Gasteiger partial charge in [0, 0.05) is 11.5 Å². The van der Waals surface area contributed by atoms with Crippen LogP contribution in [0.15, 0.2) is 0 Å². The van der Waals surface area contributed by atoms with Crippen molar-refractivity contribution in [3.05, 3.63) is 11.6 Å². The summed E-state index contributed by atoms with van der Waals surface area (Å²) in [5.41, 5.74) is 0. The van der Waals surface area contributed by atoms with Crippen LogP contribution >= 0.6 is 11.5 Å². The van der Waals surface area contributed by atoms with E-state index in [1.54, 1.807) is 6.92 Å². The third-order valence-electron chi connectivity index (χ3n) is 1.30. The highest BCUT2D eigenvalue weighted by Crippen LogP contribution is 2.10. The summed E-state index contributed by atoms with van der Waals surface area (Å²) in [6, 6.07) is 0. The van der Waals surface area contributed by atoms with Crippen LogP contribution in [0.4, 0.5) is 5.13 Å². The van der Waals surface area contributed by atoms with Crippen LogP contribution in [0.3, 0.4) is 0 Å². The largest absolute Gasteiger partial charge is 0.299 e. The molecule has 14 heavy (non-hydrogen) atoms. The van der Waals surface area contributed by atoms with Crippen molar-refractivity contribution < 1.29 is 4.79 Å². The van der Waals surface area contributed by atoms with Gasteiger partial charge in [0.25, 0.3) is 11.7 Å². The number of nitrogens with one attached hydrogen (secondary N) is 2. The lowest BCUT2D eigenvalue weighted by Gasteiger charge is -1.93. The molecule has 0 saturated heterocycles. The monoisotopic (exact) mass is 211 g/mol. The average Bonchev–Trinajstić information content (AvgIpc) is 2.75. The van der Waals surface area contributed by atoms with Crippen LogP contribution < -0.4 is 5.32 Å². The summed E-state index contributed by atoms with van der Waals surface area (Å²) in [6.45, 7) is 1.74. The Kier molecular flexibility index (Phi) is 2.14. The molecule has 2 heterocycles. The van der Waals surface area contributed by atoms with E-state index in [2.05, 4.69) is 35.3 Å². The van der Waals surface area contributed by atoms with Gasteiger partial charge < -0.3 is 0 Å². The predicted octanol–water partition coefficient (Wildman–Crippen LogP) is -0.388. The predicted molar refractivity (Wildman–Crippen MR) is 46.8 cm³/mol. The summed E-state index contributed by atoms with van der Waals surface area (Å²) in [5, 5.41) is 15.4. The molecular formula is C5H5N7OS. The first kappa shape index (κ1) is 8.69. The van der Waals surface area contributed by atoms with E-state index in [0.717, 1.165) is 11.5 Å². The molecular weight excluding hydrogens is 206 g/mol. The van der Waals surface area contributed by atoms with Crippen molar-refractivity contribution in [1.29, 1.82) is 0 Å². The van der Waals surface area contributed by atoms with E-state index < -0.39 is 5.91 Å². The molecule has 2 N–H and O–H groups in total. The fourth-order valence-corrected chi connectivity index (χ4v) is 1.33. The standard InChI is InChI=1S/C5H5N7OS/c1-2-6-5(14-10-2)7-4(13)3-8-11-12-9-3/h1H3,(H,6,7,10,13)(H,8,9,11,12). The van der Waals surface area contributed by atoms with Crippen molar-refractivity contribution in [3.63, 3.8) is 0 Å². The number of hydrogen-bond donors (Lipinski definition) is 2. The topological polar surface area (TPSA) is 109 Å². The molecule has 0 aliphatic rings. The molecule has 0 spiro atoms. The van der Waals surface area contributed by atoms with Crippen LogP contribution in [0, 0.1) is 6.92 Å². The van der Waals surface area contributed by atoms with Gasteiger partial charge in [-0.15, -0.1) is 10.2 Å². The first-order valence-corrected chi connectivity index (χ1v) is 4.38. The maximum absolute atomic E-state index is 11.3. The molecule has 0 aliphatic carbocycles. The highest BCUT2D eigenvalue weighted by Gasteiger charge is 2.12. The fraction of sp³-hybridized carbons (Fsp3) is 0.200. The van der Waals surface area contributed by atoms with Gasteiger partial charge >= 0.3 is 0 Å². The first-order valence-electron chi connectivity index (χ1n) is 3.61. The zero-order valence-corrected chi connectivity index (χ0v) is 7.87. The smallest absolute Gasteiger partial charge is 0.294 e. The van der Waals surface area contributed by atoms with Gasteiger partial charge in [0.2, 0.25) is 5.13 Å². The van der Waals surface area contributed by atoms with Gasteiger partial charge in [0.05, 0.1) is 0 Å². The minimum Gasteiger partial charge on any atom is -0.294 e. The molecule has 8 nitrogen and oxygen atoms in total. The summed E-state index contributed by atoms with van der Waals surface area (Å²) in [5.74, 6) is 0.117. The molecule has 2 aromatic heterocycles. The van der Waals surface area contributed by atoms with E-state index in [1.807, 2.05) is 0 Å². The number of carbonyl (C=O) groups is 1. The van der Waals surface area contributed by atoms with Gasteiger partial charge in [-0.1, -0.05) is 0 Å². The van der Waals surface area contributed by atoms with Crippen molar-refractivity contribution in [3.8, 4) is 0 Å². The summed E-state index contributed by atoms with van der Waals surface area (Å²) < 4.78 is 3.90. The Labute approximate surface area is 81.9 Å². The Hall–Kier alpha value is -1.90. The number of aromatic amines is 1. The third kappa shape index (κ3) is 1.71. The lowest BCUT2D eigenvalue weighted by molar-refractivity contribution is 0.101. The Balaban J connectivity index is 2.09. The van der Waals surface area contributed by atoms with Crippen molar-refractivity contribution in [1.82, 2.24) is 30.0 Å². The van der Waals surface area contributed by atoms with Crippen LogP contribution in [0.1, 0.15) is 16.4 Å². The number of anilines is 1. The van der Waals surface area contributed by atoms with Crippen LogP contribution in [0.2, 0.25) is 0 Å². The second kappa shape index (κ2) is 3.46. The number of amides is 1. The third-order valence-corrected chi connectivity index (χ3v) is 2.02. The number of nitrogens with zero attached hydrogens (tertiary/aromatic N) is 5. The molecule has 0 aromatic carbocycles. The molecule has 0 atom stereocenters. The summed E-state index contributed by atoms with van der Waals surface area (Å²) in [6.07, 6.45) is 0. The highest BCUT2D eigenvalue weighted by molar-refractivity contribution is 7.09. The number of carbonyl (C=O) groups excluding carboxylic acids is 1. The minimum atomic E-state index is -0.463. The maximum atomic E-state index is 11.3. The highest BCUT2D eigenvalue weighted by atomic mass is 32.1. The number of tetrazole rings is 1. The normalized spacial score (nSPS) is 10.1. The lowest BCUT2D eigenvalue weighted by atomic mass is 10.6. The first-order chi connectivity index (χ1) is 6.75. The van der Waals surface area contributed by atoms with Crippen molar-refractivity contribution in [2.45, 2.75) is 6.92 Å². The second-order valence-electron chi connectivity index (χ2n) is 2.34. The Morgan fingerprint density at radius 2 is 2.43 bits per heavy atom. The van der Waals surface area contributed by atoms with Crippen LogP contribution in [0.5, 0.6) is 0 Å². The molecule has 2 rings (SSSR count). The summed E-state index contributed by atoms with van der Waals surface area (Å²) >= 11 is 1.10. The molecule has 0 bridgehead atoms. The van der Waals surface area contributed by atoms with Crippen LogP contribution in [0.25, 0.3) is 0 Å². The summed E-state index contributed by atoms with van der Waals surface area (Å²) in [7, 11) is 0. The molecule has 72 valence electrons. The zero-order chi connectivity index (χ0) is 9.97. The Bertz CT molecular complexity index is 435. The number of aromatic nitrogens is 6. The maximum Gasteiger partial charge on any atom is 0.299 e. The molecule has 9 heteroatoms. The molecule has 1 amide bonds. The van der Waals surface area contributed by atoms with Crippen molar-refractivity contribution in [2.75, 3.05) is 5.32 Å². The van der Waals surface area contributed by atoms with E-state index in [-0.39, 0.29) is 5.82 Å². The van der Waals surface area contributed by atoms with Gasteiger partial charge in [0.15, 0.2) is 0 Å². The van der Waals surface area contributed by atoms with Crippen LogP contribution in [-0.4, -0.2) is 35.9 Å². The number of aryl methyl sites for hydroxylation is 1. The van der Waals surface area contributed by atoms with Crippen LogP contribution in [-0.2, 0) is 0 Å². The van der Waals surface area contributed by atoms with E-state index in [4.69, 9.17) is 0 Å².